The largest absolute Gasteiger partial charge is 0.394 e. The summed E-state index contributed by atoms with van der Waals surface area (Å²) in [6.07, 6.45) is 0. The fourth-order valence-corrected chi connectivity index (χ4v) is 3.06. The van der Waals surface area contributed by atoms with Crippen LogP contribution in [-0.2, 0) is 0 Å². The van der Waals surface area contributed by atoms with Crippen LogP contribution < -0.4 is 10.6 Å². The maximum Gasteiger partial charge on any atom is 0.225 e. The van der Waals surface area contributed by atoms with Crippen molar-refractivity contribution >= 4 is 29.1 Å². The highest BCUT2D eigenvalue weighted by molar-refractivity contribution is 6.33. The molecule has 1 heterocycles. The van der Waals surface area contributed by atoms with Crippen molar-refractivity contribution in [1.29, 1.82) is 0 Å². The van der Waals surface area contributed by atoms with Crippen LogP contribution in [0.5, 0.6) is 0 Å². The lowest BCUT2D eigenvalue weighted by molar-refractivity contribution is 0.248. The summed E-state index contributed by atoms with van der Waals surface area (Å²) in [6, 6.07) is 17.5. The molecular formula is C22H25ClN4O. The topological polar surface area (TPSA) is 70.1 Å². The van der Waals surface area contributed by atoms with Crippen molar-refractivity contribution in [2.75, 3.05) is 17.2 Å². The number of aryl methyl sites for hydroxylation is 1. The quantitative estimate of drug-likeness (QED) is 0.507. The minimum absolute atomic E-state index is 0.00312. The first-order valence-corrected chi connectivity index (χ1v) is 9.69. The van der Waals surface area contributed by atoms with Gasteiger partial charge in [0.15, 0.2) is 0 Å². The third kappa shape index (κ3) is 5.00. The summed E-state index contributed by atoms with van der Waals surface area (Å²) in [7, 11) is 0. The molecule has 2 aromatic carbocycles. The number of hydrogen-bond donors (Lipinski definition) is 3. The Morgan fingerprint density at radius 3 is 2.43 bits per heavy atom. The van der Waals surface area contributed by atoms with Crippen LogP contribution in [-0.4, -0.2) is 27.7 Å². The molecule has 0 aliphatic rings. The highest BCUT2D eigenvalue weighted by Gasteiger charge is 2.15. The molecule has 28 heavy (non-hydrogen) atoms. The van der Waals surface area contributed by atoms with E-state index in [0.29, 0.717) is 16.8 Å². The summed E-state index contributed by atoms with van der Waals surface area (Å²) in [5.41, 5.74) is 3.63. The first-order valence-electron chi connectivity index (χ1n) is 9.31. The normalized spacial score (nSPS) is 12.1. The number of rotatable bonds is 7. The van der Waals surface area contributed by atoms with Crippen molar-refractivity contribution < 1.29 is 5.11 Å². The number of aromatic nitrogens is 2. The van der Waals surface area contributed by atoms with E-state index in [1.165, 1.54) is 0 Å². The van der Waals surface area contributed by atoms with Crippen LogP contribution in [0.15, 0.2) is 54.6 Å². The van der Waals surface area contributed by atoms with Gasteiger partial charge in [-0.2, -0.15) is 4.98 Å². The lowest BCUT2D eigenvalue weighted by atomic mass is 10.1. The molecule has 0 aliphatic carbocycles. The molecule has 1 aromatic heterocycles. The maximum absolute atomic E-state index is 9.66. The molecule has 0 amide bonds. The Labute approximate surface area is 170 Å². The van der Waals surface area contributed by atoms with Gasteiger partial charge in [-0.25, -0.2) is 4.98 Å². The summed E-state index contributed by atoms with van der Waals surface area (Å²) >= 11 is 6.37. The Bertz CT molecular complexity index is 931. The Hall–Kier alpha value is -2.63. The summed E-state index contributed by atoms with van der Waals surface area (Å²) in [6.45, 7) is 6.08. The van der Waals surface area contributed by atoms with Gasteiger partial charge in [-0.1, -0.05) is 61.8 Å². The molecule has 146 valence electrons. The lowest BCUT2D eigenvalue weighted by Crippen LogP contribution is -2.30. The van der Waals surface area contributed by atoms with Gasteiger partial charge in [-0.05, 0) is 30.5 Å². The second-order valence-corrected chi connectivity index (χ2v) is 7.52. The number of aliphatic hydroxyl groups is 1. The number of aliphatic hydroxyl groups excluding tert-OH is 1. The number of nitrogens with one attached hydrogen (secondary N) is 2. The Morgan fingerprint density at radius 2 is 1.79 bits per heavy atom. The first-order chi connectivity index (χ1) is 13.5. The van der Waals surface area contributed by atoms with Gasteiger partial charge in [0.05, 0.1) is 29.1 Å². The van der Waals surface area contributed by atoms with E-state index >= 15 is 0 Å². The zero-order valence-electron chi connectivity index (χ0n) is 16.3. The van der Waals surface area contributed by atoms with Gasteiger partial charge < -0.3 is 15.7 Å². The van der Waals surface area contributed by atoms with Crippen molar-refractivity contribution in [3.8, 4) is 11.3 Å². The van der Waals surface area contributed by atoms with Crippen molar-refractivity contribution in [2.45, 2.75) is 26.8 Å². The molecule has 0 unspecified atom stereocenters. The third-order valence-electron chi connectivity index (χ3n) is 4.50. The van der Waals surface area contributed by atoms with E-state index in [9.17, 15) is 5.11 Å². The fourth-order valence-electron chi connectivity index (χ4n) is 2.78. The van der Waals surface area contributed by atoms with Gasteiger partial charge in [0, 0.05) is 11.6 Å². The molecule has 3 rings (SSSR count). The Balaban J connectivity index is 1.99. The van der Waals surface area contributed by atoms with E-state index in [4.69, 9.17) is 11.6 Å². The van der Waals surface area contributed by atoms with Gasteiger partial charge >= 0.3 is 0 Å². The zero-order valence-corrected chi connectivity index (χ0v) is 17.0. The molecule has 0 radical (unpaired) electrons. The van der Waals surface area contributed by atoms with Gasteiger partial charge in [-0.15, -0.1) is 0 Å². The molecule has 0 saturated carbocycles. The lowest BCUT2D eigenvalue weighted by Gasteiger charge is -2.21. The summed E-state index contributed by atoms with van der Waals surface area (Å²) in [5, 5.41) is 16.8. The minimum atomic E-state index is -0.137. The van der Waals surface area contributed by atoms with Crippen molar-refractivity contribution in [3.05, 3.63) is 65.2 Å². The predicted molar refractivity (Wildman–Crippen MR) is 116 cm³/mol. The molecule has 0 bridgehead atoms. The van der Waals surface area contributed by atoms with Gasteiger partial charge in [0.2, 0.25) is 5.95 Å². The number of hydrogen-bond acceptors (Lipinski definition) is 5. The number of halogens is 1. The van der Waals surface area contributed by atoms with Crippen LogP contribution in [0.25, 0.3) is 11.3 Å². The summed E-state index contributed by atoms with van der Waals surface area (Å²) < 4.78 is 0. The highest BCUT2D eigenvalue weighted by atomic mass is 35.5. The minimum Gasteiger partial charge on any atom is -0.394 e. The van der Waals surface area contributed by atoms with Crippen LogP contribution >= 0.6 is 11.6 Å². The zero-order chi connectivity index (χ0) is 20.1. The predicted octanol–water partition coefficient (Wildman–Crippen LogP) is 5.28. The van der Waals surface area contributed by atoms with Gasteiger partial charge in [0.25, 0.3) is 0 Å². The van der Waals surface area contributed by atoms with Crippen LogP contribution in [0.4, 0.5) is 17.5 Å². The average Bonchev–Trinajstić information content (AvgIpc) is 2.68. The summed E-state index contributed by atoms with van der Waals surface area (Å²) in [5.74, 6) is 1.32. The monoisotopic (exact) mass is 396 g/mol. The molecule has 3 aromatic rings. The van der Waals surface area contributed by atoms with E-state index in [0.717, 1.165) is 22.5 Å². The molecule has 6 heteroatoms. The number of anilines is 3. The van der Waals surface area contributed by atoms with Crippen LogP contribution in [0.1, 0.15) is 19.4 Å². The van der Waals surface area contributed by atoms with Crippen molar-refractivity contribution in [1.82, 2.24) is 9.97 Å². The van der Waals surface area contributed by atoms with Crippen molar-refractivity contribution in [2.24, 2.45) is 5.92 Å². The Kier molecular flexibility index (Phi) is 6.49. The molecule has 0 saturated heterocycles. The number of benzene rings is 2. The van der Waals surface area contributed by atoms with Crippen LogP contribution in [0.3, 0.4) is 0 Å². The smallest absolute Gasteiger partial charge is 0.225 e. The first kappa shape index (κ1) is 20.1. The van der Waals surface area contributed by atoms with Crippen molar-refractivity contribution in [3.63, 3.8) is 0 Å². The van der Waals surface area contributed by atoms with Gasteiger partial charge in [0.1, 0.15) is 5.82 Å². The fraction of sp³-hybridized carbons (Fsp3) is 0.273. The van der Waals surface area contributed by atoms with E-state index in [2.05, 4.69) is 20.6 Å². The number of nitrogens with zero attached hydrogens (tertiary/aromatic N) is 2. The van der Waals surface area contributed by atoms with Crippen LogP contribution in [0.2, 0.25) is 5.02 Å². The van der Waals surface area contributed by atoms with E-state index in [-0.39, 0.29) is 18.6 Å². The molecule has 0 spiro atoms. The molecule has 5 nitrogen and oxygen atoms in total. The average molecular weight is 397 g/mol. The second-order valence-electron chi connectivity index (χ2n) is 7.11. The van der Waals surface area contributed by atoms with E-state index < -0.39 is 0 Å². The standard InChI is InChI=1S/C22H25ClN4O/c1-14(2)20(13-28)26-22-25-19(16-7-5-4-6-8-16)12-21(27-22)24-18-10-9-15(3)11-17(18)23/h4-12,14,20,28H,13H2,1-3H3,(H2,24,25,26,27)/t20-/m0/s1. The van der Waals surface area contributed by atoms with E-state index in [1.54, 1.807) is 0 Å². The molecule has 0 fully saturated rings. The third-order valence-corrected chi connectivity index (χ3v) is 4.81. The molecule has 0 aliphatic heterocycles. The van der Waals surface area contributed by atoms with Crippen LogP contribution in [0, 0.1) is 12.8 Å². The van der Waals surface area contributed by atoms with E-state index in [1.807, 2.05) is 75.4 Å². The second kappa shape index (κ2) is 9.04. The maximum atomic E-state index is 9.66. The molecule has 3 N–H and O–H groups in total. The Morgan fingerprint density at radius 1 is 1.04 bits per heavy atom. The molecular weight excluding hydrogens is 372 g/mol. The highest BCUT2D eigenvalue weighted by Crippen LogP contribution is 2.28. The summed E-state index contributed by atoms with van der Waals surface area (Å²) in [4.78, 5) is 9.23. The SMILES string of the molecule is Cc1ccc(Nc2cc(-c3ccccc3)nc(N[C@@H](CO)C(C)C)n2)c(Cl)c1. The molecule has 1 atom stereocenters. The van der Waals surface area contributed by atoms with Gasteiger partial charge in [-0.3, -0.25) is 0 Å².